The average molecular weight is 416 g/mol. The predicted molar refractivity (Wildman–Crippen MR) is 107 cm³/mol. The van der Waals surface area contributed by atoms with E-state index in [0.29, 0.717) is 13.0 Å². The maximum absolute atomic E-state index is 12.6. The van der Waals surface area contributed by atoms with Gasteiger partial charge < -0.3 is 24.2 Å². The number of carbonyl (C=O) groups excluding carboxylic acids is 2. The van der Waals surface area contributed by atoms with Gasteiger partial charge in [-0.25, -0.2) is 4.79 Å². The summed E-state index contributed by atoms with van der Waals surface area (Å²) in [7, 11) is 0. The van der Waals surface area contributed by atoms with Crippen LogP contribution < -0.4 is 5.90 Å². The van der Waals surface area contributed by atoms with Gasteiger partial charge >= 0.3 is 11.9 Å². The molecule has 1 rings (SSSR count). The van der Waals surface area contributed by atoms with Crippen LogP contribution in [0.4, 0.5) is 0 Å². The molecule has 1 aliphatic rings. The van der Waals surface area contributed by atoms with Crippen LogP contribution in [0, 0.1) is 11.8 Å². The quantitative estimate of drug-likeness (QED) is 0.318. The monoisotopic (exact) mass is 415 g/mol. The van der Waals surface area contributed by atoms with Crippen LogP contribution in [0.5, 0.6) is 0 Å². The molecule has 1 saturated heterocycles. The molecule has 0 aromatic carbocycles. The van der Waals surface area contributed by atoms with E-state index < -0.39 is 29.6 Å². The standard InChI is InChI=1S/C21H37NO7/c1-14(2)12-16(20(25)28-21(3,4)5)17(23)13-15(19(24)29-22)9-11-27-18-8-6-7-10-26-18/h13-14,16-18,23H,6-12,22H2,1-5H3/t16-,17-,18?/m0/s1. The zero-order chi connectivity index (χ0) is 22.0. The number of esters is 1. The third-order valence-corrected chi connectivity index (χ3v) is 4.40. The van der Waals surface area contributed by atoms with E-state index in [0.717, 1.165) is 19.3 Å². The van der Waals surface area contributed by atoms with Crippen LogP contribution in [0.2, 0.25) is 0 Å². The number of hydrogen-bond donors (Lipinski definition) is 2. The highest BCUT2D eigenvalue weighted by atomic mass is 16.7. The summed E-state index contributed by atoms with van der Waals surface area (Å²) in [6.45, 7) is 10.1. The number of carbonyl (C=O) groups is 2. The maximum atomic E-state index is 12.6. The second kappa shape index (κ2) is 12.3. The number of nitrogens with two attached hydrogens (primary N) is 1. The normalized spacial score (nSPS) is 20.3. The van der Waals surface area contributed by atoms with Crippen LogP contribution in [-0.4, -0.2) is 48.3 Å². The minimum absolute atomic E-state index is 0.146. The molecule has 0 aromatic rings. The Morgan fingerprint density at radius 3 is 2.48 bits per heavy atom. The second-order valence-corrected chi connectivity index (χ2v) is 8.77. The van der Waals surface area contributed by atoms with Gasteiger partial charge in [-0.2, -0.15) is 5.90 Å². The molecule has 3 N–H and O–H groups in total. The molecule has 8 nitrogen and oxygen atoms in total. The summed E-state index contributed by atoms with van der Waals surface area (Å²) in [5, 5.41) is 10.7. The fourth-order valence-corrected chi connectivity index (χ4v) is 3.05. The Morgan fingerprint density at radius 2 is 1.97 bits per heavy atom. The van der Waals surface area contributed by atoms with Crippen molar-refractivity contribution in [1.82, 2.24) is 0 Å². The molecule has 3 atom stereocenters. The van der Waals surface area contributed by atoms with Gasteiger partial charge in [0, 0.05) is 18.6 Å². The van der Waals surface area contributed by atoms with Crippen molar-refractivity contribution in [2.24, 2.45) is 17.7 Å². The van der Waals surface area contributed by atoms with E-state index in [1.807, 2.05) is 13.8 Å². The molecule has 0 amide bonds. The van der Waals surface area contributed by atoms with Gasteiger partial charge in [-0.1, -0.05) is 13.8 Å². The zero-order valence-electron chi connectivity index (χ0n) is 18.3. The molecule has 0 aromatic heterocycles. The molecule has 1 aliphatic heterocycles. The summed E-state index contributed by atoms with van der Waals surface area (Å²) in [5.41, 5.74) is -0.532. The minimum Gasteiger partial charge on any atom is -0.460 e. The van der Waals surface area contributed by atoms with Crippen LogP contribution in [0.1, 0.15) is 66.7 Å². The maximum Gasteiger partial charge on any atom is 0.352 e. The first-order chi connectivity index (χ1) is 13.5. The van der Waals surface area contributed by atoms with Crippen molar-refractivity contribution in [2.45, 2.75) is 84.7 Å². The van der Waals surface area contributed by atoms with Crippen LogP contribution >= 0.6 is 0 Å². The summed E-state index contributed by atoms with van der Waals surface area (Å²) in [6, 6.07) is 0. The fourth-order valence-electron chi connectivity index (χ4n) is 3.05. The van der Waals surface area contributed by atoms with Crippen molar-refractivity contribution in [3.8, 4) is 0 Å². The lowest BCUT2D eigenvalue weighted by Gasteiger charge is -2.27. The van der Waals surface area contributed by atoms with Crippen LogP contribution in [0.15, 0.2) is 11.6 Å². The summed E-state index contributed by atoms with van der Waals surface area (Å²) in [5.74, 6) is 3.09. The summed E-state index contributed by atoms with van der Waals surface area (Å²) < 4.78 is 16.6. The van der Waals surface area contributed by atoms with Gasteiger partial charge in [-0.3, -0.25) is 4.79 Å². The number of aliphatic hydroxyl groups excluding tert-OH is 1. The third-order valence-electron chi connectivity index (χ3n) is 4.40. The molecule has 0 spiro atoms. The Morgan fingerprint density at radius 1 is 1.28 bits per heavy atom. The average Bonchev–Trinajstić information content (AvgIpc) is 2.63. The van der Waals surface area contributed by atoms with Crippen molar-refractivity contribution in [2.75, 3.05) is 13.2 Å². The lowest BCUT2D eigenvalue weighted by atomic mass is 9.90. The molecular formula is C21H37NO7. The smallest absolute Gasteiger partial charge is 0.352 e. The summed E-state index contributed by atoms with van der Waals surface area (Å²) >= 11 is 0. The molecule has 8 heteroatoms. The lowest BCUT2D eigenvalue weighted by molar-refractivity contribution is -0.164. The SMILES string of the molecule is CC(C)C[C@H](C(=O)OC(C)(C)C)[C@@H](O)C=C(CCOC1CCCCO1)C(=O)ON. The van der Waals surface area contributed by atoms with Crippen LogP contribution in [-0.2, 0) is 28.6 Å². The highest BCUT2D eigenvalue weighted by molar-refractivity contribution is 5.88. The highest BCUT2D eigenvalue weighted by Gasteiger charge is 2.31. The van der Waals surface area contributed by atoms with Gasteiger partial charge in [0.15, 0.2) is 6.29 Å². The van der Waals surface area contributed by atoms with E-state index in [9.17, 15) is 14.7 Å². The first-order valence-electron chi connectivity index (χ1n) is 10.3. The van der Waals surface area contributed by atoms with E-state index >= 15 is 0 Å². The third kappa shape index (κ3) is 10.2. The number of hydrogen-bond acceptors (Lipinski definition) is 8. The molecule has 1 unspecified atom stereocenters. The van der Waals surface area contributed by atoms with E-state index in [1.165, 1.54) is 6.08 Å². The Hall–Kier alpha value is -1.48. The molecule has 0 radical (unpaired) electrons. The summed E-state index contributed by atoms with van der Waals surface area (Å²) in [6.07, 6.45) is 3.24. The van der Waals surface area contributed by atoms with Gasteiger partial charge in [0.1, 0.15) is 5.60 Å². The molecule has 1 fully saturated rings. The van der Waals surface area contributed by atoms with Crippen molar-refractivity contribution < 1.29 is 33.7 Å². The van der Waals surface area contributed by atoms with Crippen molar-refractivity contribution in [3.05, 3.63) is 11.6 Å². The molecule has 1 heterocycles. The van der Waals surface area contributed by atoms with Gasteiger partial charge in [0.05, 0.1) is 18.6 Å². The first-order valence-corrected chi connectivity index (χ1v) is 10.3. The Kier molecular flexibility index (Phi) is 10.8. The number of ether oxygens (including phenoxy) is 3. The minimum atomic E-state index is -1.22. The predicted octanol–water partition coefficient (Wildman–Crippen LogP) is 2.63. The molecule has 168 valence electrons. The zero-order valence-corrected chi connectivity index (χ0v) is 18.3. The largest absolute Gasteiger partial charge is 0.460 e. The molecular weight excluding hydrogens is 378 g/mol. The van der Waals surface area contributed by atoms with Crippen molar-refractivity contribution in [3.63, 3.8) is 0 Å². The highest BCUT2D eigenvalue weighted by Crippen LogP contribution is 2.23. The van der Waals surface area contributed by atoms with Crippen molar-refractivity contribution in [1.29, 1.82) is 0 Å². The Bertz CT molecular complexity index is 548. The Balaban J connectivity index is 2.84. The summed E-state index contributed by atoms with van der Waals surface area (Å²) in [4.78, 5) is 29.0. The van der Waals surface area contributed by atoms with Gasteiger partial charge in [0.2, 0.25) is 0 Å². The molecule has 0 saturated carbocycles. The van der Waals surface area contributed by atoms with Gasteiger partial charge in [0.25, 0.3) is 0 Å². The molecule has 0 aliphatic carbocycles. The molecule has 0 bridgehead atoms. The van der Waals surface area contributed by atoms with Gasteiger partial charge in [-0.15, -0.1) is 0 Å². The second-order valence-electron chi connectivity index (χ2n) is 8.77. The van der Waals surface area contributed by atoms with E-state index in [1.54, 1.807) is 20.8 Å². The number of rotatable bonds is 10. The van der Waals surface area contributed by atoms with Crippen LogP contribution in [0.3, 0.4) is 0 Å². The van der Waals surface area contributed by atoms with Crippen molar-refractivity contribution >= 4 is 11.9 Å². The van der Waals surface area contributed by atoms with Crippen LogP contribution in [0.25, 0.3) is 0 Å². The van der Waals surface area contributed by atoms with E-state index in [-0.39, 0.29) is 30.8 Å². The molecule has 29 heavy (non-hydrogen) atoms. The lowest BCUT2D eigenvalue weighted by Crippen LogP contribution is -2.35. The fraction of sp³-hybridized carbons (Fsp3) is 0.810. The van der Waals surface area contributed by atoms with Gasteiger partial charge in [-0.05, 0) is 58.4 Å². The van der Waals surface area contributed by atoms with E-state index in [4.69, 9.17) is 20.1 Å². The Labute approximate surface area is 173 Å². The topological polar surface area (TPSA) is 117 Å². The van der Waals surface area contributed by atoms with E-state index in [2.05, 4.69) is 4.84 Å². The number of aliphatic hydroxyl groups is 1. The first kappa shape index (κ1) is 25.6.